The molecule has 0 amide bonds. The van der Waals surface area contributed by atoms with Crippen LogP contribution in [0.25, 0.3) is 22.4 Å². The van der Waals surface area contributed by atoms with Crippen molar-refractivity contribution >= 4 is 27.0 Å². The van der Waals surface area contributed by atoms with Crippen LogP contribution in [0.5, 0.6) is 0 Å². The van der Waals surface area contributed by atoms with E-state index >= 15 is 0 Å². The first kappa shape index (κ1) is 13.8. The molecule has 1 heterocycles. The normalized spacial score (nSPS) is 11.0. The molecule has 0 bridgehead atoms. The smallest absolute Gasteiger partial charge is 0.141 e. The number of imidazole rings is 1. The molecule has 0 saturated carbocycles. The average molecular weight is 340 g/mol. The Kier molecular flexibility index (Phi) is 3.52. The van der Waals surface area contributed by atoms with E-state index in [1.807, 2.05) is 30.3 Å². The number of aromatic nitrogens is 2. The van der Waals surface area contributed by atoms with Gasteiger partial charge in [0.05, 0.1) is 22.7 Å². The first-order chi connectivity index (χ1) is 10.1. The van der Waals surface area contributed by atoms with Crippen LogP contribution in [-0.2, 0) is 0 Å². The molecule has 0 spiro atoms. The molecule has 0 N–H and O–H groups in total. The van der Waals surface area contributed by atoms with E-state index in [4.69, 9.17) is 10.2 Å². The van der Waals surface area contributed by atoms with E-state index in [1.165, 1.54) is 0 Å². The summed E-state index contributed by atoms with van der Waals surface area (Å²) in [6, 6.07) is 16.3. The van der Waals surface area contributed by atoms with Crippen LogP contribution in [-0.4, -0.2) is 9.55 Å². The quantitative estimate of drug-likeness (QED) is 0.664. The topological polar surface area (TPSA) is 41.6 Å². The molecule has 104 valence electrons. The van der Waals surface area contributed by atoms with Gasteiger partial charge in [-0.05, 0) is 44.2 Å². The zero-order chi connectivity index (χ0) is 15.0. The Morgan fingerprint density at radius 1 is 1.14 bits per heavy atom. The largest absolute Gasteiger partial charge is 0.321 e. The minimum Gasteiger partial charge on any atom is -0.321 e. The van der Waals surface area contributed by atoms with Crippen molar-refractivity contribution in [3.05, 3.63) is 52.5 Å². The predicted octanol–water partition coefficient (Wildman–Crippen LogP) is 4.92. The Morgan fingerprint density at radius 2 is 1.86 bits per heavy atom. The van der Waals surface area contributed by atoms with Crippen LogP contribution in [0.2, 0.25) is 0 Å². The lowest BCUT2D eigenvalue weighted by Gasteiger charge is -2.13. The van der Waals surface area contributed by atoms with E-state index in [1.54, 1.807) is 0 Å². The van der Waals surface area contributed by atoms with Crippen LogP contribution >= 0.6 is 15.9 Å². The van der Waals surface area contributed by atoms with E-state index < -0.39 is 0 Å². The Balaban J connectivity index is 2.28. The van der Waals surface area contributed by atoms with E-state index in [-0.39, 0.29) is 0 Å². The molecule has 0 saturated heterocycles. The third-order valence-corrected chi connectivity index (χ3v) is 3.97. The number of benzene rings is 2. The van der Waals surface area contributed by atoms with Gasteiger partial charge in [0.25, 0.3) is 0 Å². The van der Waals surface area contributed by atoms with Crippen LogP contribution < -0.4 is 0 Å². The minimum absolute atomic E-state index is 0.293. The first-order valence-electron chi connectivity index (χ1n) is 6.78. The highest BCUT2D eigenvalue weighted by Crippen LogP contribution is 2.29. The highest BCUT2D eigenvalue weighted by Gasteiger charge is 2.15. The molecule has 4 heteroatoms. The zero-order valence-corrected chi connectivity index (χ0v) is 13.4. The standard InChI is InChI=1S/C17H14BrN3/c1-11(2)21-16-8-3-12(10-19)9-15(16)20-17(21)13-4-6-14(18)7-5-13/h3-9,11H,1-2H3. The molecular formula is C17H14BrN3. The van der Waals surface area contributed by atoms with Gasteiger partial charge in [-0.15, -0.1) is 0 Å². The second kappa shape index (κ2) is 5.34. The zero-order valence-electron chi connectivity index (χ0n) is 11.8. The van der Waals surface area contributed by atoms with Gasteiger partial charge in [0.15, 0.2) is 0 Å². The molecule has 0 radical (unpaired) electrons. The Hall–Kier alpha value is -2.12. The lowest BCUT2D eigenvalue weighted by Crippen LogP contribution is -2.02. The SMILES string of the molecule is CC(C)n1c(-c2ccc(Br)cc2)nc2cc(C#N)ccc21. The molecule has 0 fully saturated rings. The van der Waals surface area contributed by atoms with Gasteiger partial charge in [-0.1, -0.05) is 28.1 Å². The predicted molar refractivity (Wildman–Crippen MR) is 88.0 cm³/mol. The van der Waals surface area contributed by atoms with Crippen molar-refractivity contribution < 1.29 is 0 Å². The number of nitriles is 1. The molecule has 0 atom stereocenters. The summed E-state index contributed by atoms with van der Waals surface area (Å²) in [6.45, 7) is 4.28. The van der Waals surface area contributed by atoms with Gasteiger partial charge in [0.1, 0.15) is 5.82 Å². The van der Waals surface area contributed by atoms with E-state index in [9.17, 15) is 0 Å². The molecule has 3 aromatic rings. The highest BCUT2D eigenvalue weighted by molar-refractivity contribution is 9.10. The maximum absolute atomic E-state index is 9.04. The summed E-state index contributed by atoms with van der Waals surface area (Å²) in [7, 11) is 0. The Labute approximate surface area is 132 Å². The first-order valence-corrected chi connectivity index (χ1v) is 7.57. The molecule has 3 rings (SSSR count). The summed E-state index contributed by atoms with van der Waals surface area (Å²) in [5, 5.41) is 9.04. The fraction of sp³-hybridized carbons (Fsp3) is 0.176. The van der Waals surface area contributed by atoms with E-state index in [0.29, 0.717) is 11.6 Å². The average Bonchev–Trinajstić information content (AvgIpc) is 2.86. The second-order valence-corrected chi connectivity index (χ2v) is 6.14. The monoisotopic (exact) mass is 339 g/mol. The van der Waals surface area contributed by atoms with Gasteiger partial charge >= 0.3 is 0 Å². The lowest BCUT2D eigenvalue weighted by atomic mass is 10.2. The molecule has 1 aromatic heterocycles. The van der Waals surface area contributed by atoms with Crippen LogP contribution in [0.3, 0.4) is 0 Å². The van der Waals surface area contributed by atoms with Crippen molar-refractivity contribution in [2.75, 3.05) is 0 Å². The summed E-state index contributed by atoms with van der Waals surface area (Å²) in [6.07, 6.45) is 0. The van der Waals surface area contributed by atoms with Gasteiger partial charge in [-0.2, -0.15) is 5.26 Å². The van der Waals surface area contributed by atoms with Gasteiger partial charge < -0.3 is 4.57 Å². The van der Waals surface area contributed by atoms with E-state index in [0.717, 1.165) is 26.9 Å². The maximum Gasteiger partial charge on any atom is 0.141 e. The maximum atomic E-state index is 9.04. The minimum atomic E-state index is 0.293. The molecule has 21 heavy (non-hydrogen) atoms. The molecular weight excluding hydrogens is 326 g/mol. The number of halogens is 1. The number of nitrogens with zero attached hydrogens (tertiary/aromatic N) is 3. The number of fused-ring (bicyclic) bond motifs is 1. The number of hydrogen-bond acceptors (Lipinski definition) is 2. The van der Waals surface area contributed by atoms with Crippen molar-refractivity contribution in [1.82, 2.24) is 9.55 Å². The third kappa shape index (κ3) is 2.45. The van der Waals surface area contributed by atoms with Crippen LogP contribution in [0.15, 0.2) is 46.9 Å². The number of rotatable bonds is 2. The van der Waals surface area contributed by atoms with Gasteiger partial charge in [-0.3, -0.25) is 0 Å². The van der Waals surface area contributed by atoms with Crippen LogP contribution in [0.4, 0.5) is 0 Å². The van der Waals surface area contributed by atoms with Gasteiger partial charge in [0.2, 0.25) is 0 Å². The highest BCUT2D eigenvalue weighted by atomic mass is 79.9. The van der Waals surface area contributed by atoms with Gasteiger partial charge in [-0.25, -0.2) is 4.98 Å². The fourth-order valence-electron chi connectivity index (χ4n) is 2.49. The summed E-state index contributed by atoms with van der Waals surface area (Å²) < 4.78 is 3.25. The summed E-state index contributed by atoms with van der Waals surface area (Å²) >= 11 is 3.46. The van der Waals surface area contributed by atoms with Crippen LogP contribution in [0.1, 0.15) is 25.5 Å². The van der Waals surface area contributed by atoms with Crippen molar-refractivity contribution in [3.63, 3.8) is 0 Å². The second-order valence-electron chi connectivity index (χ2n) is 5.22. The number of hydrogen-bond donors (Lipinski definition) is 0. The van der Waals surface area contributed by atoms with Gasteiger partial charge in [0, 0.05) is 16.1 Å². The van der Waals surface area contributed by atoms with E-state index in [2.05, 4.69) is 52.5 Å². The molecule has 0 aliphatic heterocycles. The van der Waals surface area contributed by atoms with Crippen molar-refractivity contribution in [2.24, 2.45) is 0 Å². The van der Waals surface area contributed by atoms with Crippen molar-refractivity contribution in [1.29, 1.82) is 5.26 Å². The molecule has 0 unspecified atom stereocenters. The summed E-state index contributed by atoms with van der Waals surface area (Å²) in [5.41, 5.74) is 3.63. The van der Waals surface area contributed by atoms with Crippen molar-refractivity contribution in [2.45, 2.75) is 19.9 Å². The summed E-state index contributed by atoms with van der Waals surface area (Å²) in [5.74, 6) is 0.933. The molecule has 0 aliphatic carbocycles. The Morgan fingerprint density at radius 3 is 2.48 bits per heavy atom. The molecule has 3 nitrogen and oxygen atoms in total. The van der Waals surface area contributed by atoms with Crippen LogP contribution in [0, 0.1) is 11.3 Å². The molecule has 0 aliphatic rings. The van der Waals surface area contributed by atoms with Crippen molar-refractivity contribution in [3.8, 4) is 17.5 Å². The Bertz CT molecular complexity index is 839. The third-order valence-electron chi connectivity index (χ3n) is 3.44. The fourth-order valence-corrected chi connectivity index (χ4v) is 2.76. The lowest BCUT2D eigenvalue weighted by molar-refractivity contribution is 0.624. The summed E-state index contributed by atoms with van der Waals surface area (Å²) in [4.78, 5) is 4.74. The molecule has 2 aromatic carbocycles.